The first-order valence-electron chi connectivity index (χ1n) is 6.93. The number of rotatable bonds is 2. The minimum atomic E-state index is -4.55. The topological polar surface area (TPSA) is 47.6 Å². The fraction of sp³-hybridized carbons (Fsp3) is 0.188. The van der Waals surface area contributed by atoms with E-state index in [0.29, 0.717) is 24.7 Å². The zero-order valence-electron chi connectivity index (χ0n) is 12.1. The predicted octanol–water partition coefficient (Wildman–Crippen LogP) is 4.38. The minimum Gasteiger partial charge on any atom is -0.486 e. The molecular weight excluding hydrogens is 347 g/mol. The molecule has 1 amide bonds. The molecule has 2 aromatic carbocycles. The molecule has 24 heavy (non-hydrogen) atoms. The lowest BCUT2D eigenvalue weighted by Crippen LogP contribution is -2.20. The van der Waals surface area contributed by atoms with E-state index in [1.54, 1.807) is 12.1 Å². The number of benzene rings is 2. The monoisotopic (exact) mass is 357 g/mol. The van der Waals surface area contributed by atoms with Gasteiger partial charge in [0.25, 0.3) is 5.91 Å². The molecule has 3 rings (SSSR count). The SMILES string of the molecule is O=C(Nc1ccc(C(F)(F)F)c(Cl)c1)c1cccc2c1OCCO2. The van der Waals surface area contributed by atoms with Crippen molar-refractivity contribution in [2.45, 2.75) is 6.18 Å². The summed E-state index contributed by atoms with van der Waals surface area (Å²) in [5, 5.41) is 2.01. The summed E-state index contributed by atoms with van der Waals surface area (Å²) < 4.78 is 48.9. The van der Waals surface area contributed by atoms with Crippen molar-refractivity contribution in [1.82, 2.24) is 0 Å². The fourth-order valence-corrected chi connectivity index (χ4v) is 2.56. The average Bonchev–Trinajstić information content (AvgIpc) is 2.53. The second kappa shape index (κ2) is 6.24. The van der Waals surface area contributed by atoms with Crippen molar-refractivity contribution in [1.29, 1.82) is 0 Å². The van der Waals surface area contributed by atoms with Gasteiger partial charge in [0.05, 0.1) is 16.1 Å². The Hall–Kier alpha value is -2.41. The predicted molar refractivity (Wildman–Crippen MR) is 81.8 cm³/mol. The Labute approximate surface area is 140 Å². The van der Waals surface area contributed by atoms with Gasteiger partial charge in [-0.25, -0.2) is 0 Å². The summed E-state index contributed by atoms with van der Waals surface area (Å²) >= 11 is 5.64. The second-order valence-corrected chi connectivity index (χ2v) is 5.38. The van der Waals surface area contributed by atoms with Gasteiger partial charge < -0.3 is 14.8 Å². The van der Waals surface area contributed by atoms with Crippen LogP contribution in [-0.2, 0) is 6.18 Å². The molecule has 8 heteroatoms. The van der Waals surface area contributed by atoms with Crippen molar-refractivity contribution >= 4 is 23.2 Å². The molecule has 2 aromatic rings. The molecule has 126 valence electrons. The number of hydrogen-bond acceptors (Lipinski definition) is 3. The summed E-state index contributed by atoms with van der Waals surface area (Å²) in [6.07, 6.45) is -4.55. The Kier molecular flexibility index (Phi) is 4.28. The molecule has 1 aliphatic heterocycles. The molecule has 1 N–H and O–H groups in total. The van der Waals surface area contributed by atoms with E-state index in [0.717, 1.165) is 18.2 Å². The van der Waals surface area contributed by atoms with Crippen LogP contribution < -0.4 is 14.8 Å². The number of carbonyl (C=O) groups is 1. The molecule has 0 radical (unpaired) electrons. The third-order valence-corrected chi connectivity index (χ3v) is 3.66. The lowest BCUT2D eigenvalue weighted by Gasteiger charge is -2.20. The number of nitrogens with one attached hydrogen (secondary N) is 1. The van der Waals surface area contributed by atoms with Crippen molar-refractivity contribution in [2.75, 3.05) is 18.5 Å². The molecule has 0 aromatic heterocycles. The highest BCUT2D eigenvalue weighted by molar-refractivity contribution is 6.31. The van der Waals surface area contributed by atoms with E-state index in [1.165, 1.54) is 6.07 Å². The first kappa shape index (κ1) is 16.4. The number of ether oxygens (including phenoxy) is 2. The number of alkyl halides is 3. The lowest BCUT2D eigenvalue weighted by molar-refractivity contribution is -0.137. The quantitative estimate of drug-likeness (QED) is 0.867. The van der Waals surface area contributed by atoms with Crippen LogP contribution in [0.5, 0.6) is 11.5 Å². The molecule has 0 atom stereocenters. The van der Waals surface area contributed by atoms with Gasteiger partial charge in [0.2, 0.25) is 0 Å². The first-order valence-corrected chi connectivity index (χ1v) is 7.31. The third kappa shape index (κ3) is 3.26. The fourth-order valence-electron chi connectivity index (χ4n) is 2.27. The van der Waals surface area contributed by atoms with Crippen LogP contribution in [0.2, 0.25) is 5.02 Å². The number of amides is 1. The molecule has 0 saturated heterocycles. The number of hydrogen-bond donors (Lipinski definition) is 1. The summed E-state index contributed by atoms with van der Waals surface area (Å²) in [4.78, 5) is 12.4. The zero-order valence-corrected chi connectivity index (χ0v) is 12.9. The van der Waals surface area contributed by atoms with Crippen molar-refractivity contribution in [2.24, 2.45) is 0 Å². The van der Waals surface area contributed by atoms with Crippen LogP contribution in [0.25, 0.3) is 0 Å². The summed E-state index contributed by atoms with van der Waals surface area (Å²) in [5.74, 6) is 0.215. The molecule has 0 saturated carbocycles. The van der Waals surface area contributed by atoms with E-state index in [9.17, 15) is 18.0 Å². The van der Waals surface area contributed by atoms with Crippen molar-refractivity contribution < 1.29 is 27.4 Å². The van der Waals surface area contributed by atoms with Gasteiger partial charge in [0, 0.05) is 5.69 Å². The molecule has 0 unspecified atom stereocenters. The van der Waals surface area contributed by atoms with Crippen LogP contribution in [0.3, 0.4) is 0 Å². The van der Waals surface area contributed by atoms with Crippen LogP contribution in [0.4, 0.5) is 18.9 Å². The molecule has 0 fully saturated rings. The number of fused-ring (bicyclic) bond motifs is 1. The standard InChI is InChI=1S/C16H11ClF3NO3/c17-12-8-9(4-5-11(12)16(18,19)20)21-15(22)10-2-1-3-13-14(10)24-7-6-23-13/h1-5,8H,6-7H2,(H,21,22). The van der Waals surface area contributed by atoms with Crippen LogP contribution >= 0.6 is 11.6 Å². The number of carbonyl (C=O) groups excluding carboxylic acids is 1. The van der Waals surface area contributed by atoms with Gasteiger partial charge in [-0.15, -0.1) is 0 Å². The molecule has 0 spiro atoms. The Morgan fingerprint density at radius 3 is 2.58 bits per heavy atom. The molecule has 0 aliphatic carbocycles. The van der Waals surface area contributed by atoms with Gasteiger partial charge in [-0.3, -0.25) is 4.79 Å². The van der Waals surface area contributed by atoms with Crippen LogP contribution in [0.1, 0.15) is 15.9 Å². The maximum absolute atomic E-state index is 12.7. The number of para-hydroxylation sites is 1. The number of anilines is 1. The van der Waals surface area contributed by atoms with E-state index in [2.05, 4.69) is 5.32 Å². The highest BCUT2D eigenvalue weighted by Crippen LogP contribution is 2.37. The second-order valence-electron chi connectivity index (χ2n) is 4.98. The Morgan fingerprint density at radius 1 is 1.12 bits per heavy atom. The summed E-state index contributed by atoms with van der Waals surface area (Å²) in [6, 6.07) is 7.84. The van der Waals surface area contributed by atoms with Crippen molar-refractivity contribution in [3.8, 4) is 11.5 Å². The summed E-state index contributed by atoms with van der Waals surface area (Å²) in [5.41, 5.74) is -0.591. The lowest BCUT2D eigenvalue weighted by atomic mass is 10.1. The van der Waals surface area contributed by atoms with Gasteiger partial charge >= 0.3 is 6.18 Å². The van der Waals surface area contributed by atoms with Crippen LogP contribution in [-0.4, -0.2) is 19.1 Å². The molecule has 4 nitrogen and oxygen atoms in total. The molecule has 1 aliphatic rings. The highest BCUT2D eigenvalue weighted by Gasteiger charge is 2.33. The van der Waals surface area contributed by atoms with E-state index in [1.807, 2.05) is 0 Å². The van der Waals surface area contributed by atoms with Crippen molar-refractivity contribution in [3.63, 3.8) is 0 Å². The van der Waals surface area contributed by atoms with Gasteiger partial charge in [0.15, 0.2) is 11.5 Å². The van der Waals surface area contributed by atoms with E-state index in [-0.39, 0.29) is 11.3 Å². The Bertz CT molecular complexity index is 793. The van der Waals surface area contributed by atoms with Gasteiger partial charge in [-0.05, 0) is 30.3 Å². The largest absolute Gasteiger partial charge is 0.486 e. The van der Waals surface area contributed by atoms with Gasteiger partial charge in [0.1, 0.15) is 13.2 Å². The van der Waals surface area contributed by atoms with E-state index >= 15 is 0 Å². The van der Waals surface area contributed by atoms with E-state index < -0.39 is 22.7 Å². The maximum Gasteiger partial charge on any atom is 0.417 e. The van der Waals surface area contributed by atoms with Crippen molar-refractivity contribution in [3.05, 3.63) is 52.5 Å². The smallest absolute Gasteiger partial charge is 0.417 e. The van der Waals surface area contributed by atoms with Gasteiger partial charge in [-0.1, -0.05) is 17.7 Å². The van der Waals surface area contributed by atoms with Gasteiger partial charge in [-0.2, -0.15) is 13.2 Å². The Morgan fingerprint density at radius 2 is 1.88 bits per heavy atom. The average molecular weight is 358 g/mol. The molecule has 1 heterocycles. The summed E-state index contributed by atoms with van der Waals surface area (Å²) in [6.45, 7) is 0.690. The third-order valence-electron chi connectivity index (χ3n) is 3.34. The summed E-state index contributed by atoms with van der Waals surface area (Å²) in [7, 11) is 0. The zero-order chi connectivity index (χ0) is 17.3. The van der Waals surface area contributed by atoms with E-state index in [4.69, 9.17) is 21.1 Å². The van der Waals surface area contributed by atoms with Crippen LogP contribution in [0.15, 0.2) is 36.4 Å². The first-order chi connectivity index (χ1) is 11.4. The highest BCUT2D eigenvalue weighted by atomic mass is 35.5. The maximum atomic E-state index is 12.7. The normalized spacial score (nSPS) is 13.5. The molecular formula is C16H11ClF3NO3. The minimum absolute atomic E-state index is 0.146. The Balaban J connectivity index is 1.85. The molecule has 0 bridgehead atoms. The van der Waals surface area contributed by atoms with Crippen LogP contribution in [0, 0.1) is 0 Å². The number of halogens is 4.